The van der Waals surface area contributed by atoms with Crippen LogP contribution < -0.4 is 14.5 Å². The predicted molar refractivity (Wildman–Crippen MR) is 122 cm³/mol. The molecule has 0 fully saturated rings. The van der Waals surface area contributed by atoms with E-state index in [0.29, 0.717) is 22.3 Å². The number of rotatable bonds is 10. The molecule has 3 rings (SSSR count). The van der Waals surface area contributed by atoms with Crippen molar-refractivity contribution in [2.75, 3.05) is 30.0 Å². The number of thiazole rings is 1. The number of hydrogen-bond acceptors (Lipinski definition) is 5. The van der Waals surface area contributed by atoms with Crippen molar-refractivity contribution in [3.63, 3.8) is 0 Å². The highest BCUT2D eigenvalue weighted by molar-refractivity contribution is 7.14. The lowest BCUT2D eigenvalue weighted by Gasteiger charge is -2.25. The Labute approximate surface area is 192 Å². The van der Waals surface area contributed by atoms with E-state index >= 15 is 0 Å². The van der Waals surface area contributed by atoms with Crippen LogP contribution in [-0.4, -0.2) is 43.9 Å². The molecule has 0 saturated heterocycles. The minimum Gasteiger partial charge on any atom is -0.497 e. The summed E-state index contributed by atoms with van der Waals surface area (Å²) in [6.07, 6.45) is -4.41. The zero-order chi connectivity index (χ0) is 24.0. The maximum Gasteiger partial charge on any atom is 0.256 e. The van der Waals surface area contributed by atoms with E-state index in [1.54, 1.807) is 24.6 Å². The fourth-order valence-corrected chi connectivity index (χ4v) is 3.97. The standard InChI is InChI=1S/C23H21F4N3O2S/c1-3-22(31)30(23-28-19(14-33-23)15-4-10-18(32-2)11-5-15)17-8-6-16(7-9-17)29(12-20(24)25)13-21(26)27/h3-11,14,20-21H,1,12-13H2,2H3. The molecular formula is C23H21F4N3O2S. The fraction of sp³-hybridized carbons (Fsp3) is 0.217. The van der Waals surface area contributed by atoms with Crippen LogP contribution in [0.1, 0.15) is 0 Å². The van der Waals surface area contributed by atoms with Crippen LogP contribution in [0.2, 0.25) is 0 Å². The summed E-state index contributed by atoms with van der Waals surface area (Å²) in [6.45, 7) is 1.88. The average molecular weight is 479 g/mol. The number of hydrogen-bond donors (Lipinski definition) is 0. The molecule has 10 heteroatoms. The zero-order valence-electron chi connectivity index (χ0n) is 17.6. The molecule has 0 aliphatic carbocycles. The second-order valence-corrected chi connectivity index (χ2v) is 7.66. The number of nitrogens with zero attached hydrogens (tertiary/aromatic N) is 3. The molecule has 0 atom stereocenters. The van der Waals surface area contributed by atoms with Crippen molar-refractivity contribution in [1.82, 2.24) is 4.98 Å². The van der Waals surface area contributed by atoms with Crippen molar-refractivity contribution in [2.24, 2.45) is 0 Å². The van der Waals surface area contributed by atoms with Crippen LogP contribution in [0.15, 0.2) is 66.6 Å². The molecule has 1 heterocycles. The van der Waals surface area contributed by atoms with E-state index in [0.717, 1.165) is 16.5 Å². The molecule has 0 aliphatic heterocycles. The van der Waals surface area contributed by atoms with Crippen LogP contribution in [0.5, 0.6) is 5.75 Å². The molecule has 0 radical (unpaired) electrons. The van der Waals surface area contributed by atoms with Gasteiger partial charge in [0.1, 0.15) is 5.75 Å². The van der Waals surface area contributed by atoms with Crippen LogP contribution in [-0.2, 0) is 4.79 Å². The molecule has 5 nitrogen and oxygen atoms in total. The highest BCUT2D eigenvalue weighted by Gasteiger charge is 2.21. The number of benzene rings is 2. The second kappa shape index (κ2) is 11.0. The van der Waals surface area contributed by atoms with E-state index < -0.39 is 31.8 Å². The number of carbonyl (C=O) groups excluding carboxylic acids is 1. The Bertz CT molecular complexity index is 1060. The number of aromatic nitrogens is 1. The first-order chi connectivity index (χ1) is 15.8. The summed E-state index contributed by atoms with van der Waals surface area (Å²) in [6, 6.07) is 13.1. The maximum absolute atomic E-state index is 12.8. The Kier molecular flexibility index (Phi) is 8.05. The fourth-order valence-electron chi connectivity index (χ4n) is 3.12. The van der Waals surface area contributed by atoms with Crippen LogP contribution in [0.25, 0.3) is 11.3 Å². The van der Waals surface area contributed by atoms with Gasteiger partial charge >= 0.3 is 0 Å². The van der Waals surface area contributed by atoms with Crippen LogP contribution in [0.3, 0.4) is 0 Å². The molecule has 0 bridgehead atoms. The zero-order valence-corrected chi connectivity index (χ0v) is 18.4. The summed E-state index contributed by atoms with van der Waals surface area (Å²) in [5, 5.41) is 2.16. The molecule has 33 heavy (non-hydrogen) atoms. The maximum atomic E-state index is 12.8. The molecule has 0 N–H and O–H groups in total. The lowest BCUT2D eigenvalue weighted by molar-refractivity contribution is -0.113. The van der Waals surface area contributed by atoms with Crippen molar-refractivity contribution in [3.05, 3.63) is 66.6 Å². The molecule has 174 valence electrons. The summed E-state index contributed by atoms with van der Waals surface area (Å²) in [7, 11) is 1.57. The van der Waals surface area contributed by atoms with Gasteiger partial charge in [-0.2, -0.15) is 0 Å². The summed E-state index contributed by atoms with van der Waals surface area (Å²) in [4.78, 5) is 19.4. The molecule has 0 saturated carbocycles. The summed E-state index contributed by atoms with van der Waals surface area (Å²) >= 11 is 1.23. The largest absolute Gasteiger partial charge is 0.497 e. The predicted octanol–water partition coefficient (Wildman–Crippen LogP) is 6.01. The molecule has 0 aliphatic rings. The Balaban J connectivity index is 1.90. The highest BCUT2D eigenvalue weighted by Crippen LogP contribution is 2.34. The summed E-state index contributed by atoms with van der Waals surface area (Å²) in [5.74, 6) is 0.251. The molecule has 0 spiro atoms. The van der Waals surface area contributed by atoms with Gasteiger partial charge in [-0.25, -0.2) is 22.5 Å². The van der Waals surface area contributed by atoms with E-state index in [2.05, 4.69) is 11.6 Å². The van der Waals surface area contributed by atoms with Crippen molar-refractivity contribution >= 4 is 33.8 Å². The van der Waals surface area contributed by atoms with E-state index in [1.807, 2.05) is 12.1 Å². The summed E-state index contributed by atoms with van der Waals surface area (Å²) < 4.78 is 56.4. The minimum absolute atomic E-state index is 0.198. The van der Waals surface area contributed by atoms with Crippen molar-refractivity contribution in [2.45, 2.75) is 12.9 Å². The van der Waals surface area contributed by atoms with Crippen LogP contribution in [0, 0.1) is 0 Å². The molecular weight excluding hydrogens is 458 g/mol. The lowest BCUT2D eigenvalue weighted by atomic mass is 10.2. The van der Waals surface area contributed by atoms with Gasteiger partial charge in [-0.15, -0.1) is 11.3 Å². The van der Waals surface area contributed by atoms with E-state index in [1.165, 1.54) is 40.5 Å². The number of amides is 1. The monoisotopic (exact) mass is 479 g/mol. The van der Waals surface area contributed by atoms with E-state index in [4.69, 9.17) is 4.74 Å². The van der Waals surface area contributed by atoms with Crippen molar-refractivity contribution in [1.29, 1.82) is 0 Å². The number of alkyl halides is 4. The first kappa shape index (κ1) is 24.2. The normalized spacial score (nSPS) is 11.0. The average Bonchev–Trinajstić information content (AvgIpc) is 3.28. The molecule has 1 amide bonds. The molecule has 3 aromatic rings. The SMILES string of the molecule is C=CC(=O)N(c1ccc(N(CC(F)F)CC(F)F)cc1)c1nc(-c2ccc(OC)cc2)cs1. The van der Waals surface area contributed by atoms with Gasteiger partial charge in [-0.05, 0) is 54.6 Å². The Hall–Kier alpha value is -3.40. The van der Waals surface area contributed by atoms with Gasteiger partial charge in [-0.1, -0.05) is 6.58 Å². The van der Waals surface area contributed by atoms with Gasteiger partial charge < -0.3 is 9.64 Å². The van der Waals surface area contributed by atoms with Gasteiger partial charge in [0.25, 0.3) is 18.8 Å². The number of ether oxygens (including phenoxy) is 1. The number of carbonyl (C=O) groups is 1. The molecule has 1 aromatic heterocycles. The van der Waals surface area contributed by atoms with Crippen molar-refractivity contribution in [3.8, 4) is 17.0 Å². The smallest absolute Gasteiger partial charge is 0.256 e. The van der Waals surface area contributed by atoms with Gasteiger partial charge in [0.05, 0.1) is 31.6 Å². The van der Waals surface area contributed by atoms with Gasteiger partial charge in [0, 0.05) is 16.6 Å². The number of methoxy groups -OCH3 is 1. The quantitative estimate of drug-likeness (QED) is 0.264. The van der Waals surface area contributed by atoms with Gasteiger partial charge in [0.15, 0.2) is 5.13 Å². The number of halogens is 4. The third-order valence-electron chi connectivity index (χ3n) is 4.65. The molecule has 0 unspecified atom stereocenters. The first-order valence-electron chi connectivity index (χ1n) is 9.80. The summed E-state index contributed by atoms with van der Waals surface area (Å²) in [5.41, 5.74) is 2.07. The number of anilines is 3. The first-order valence-corrected chi connectivity index (χ1v) is 10.7. The van der Waals surface area contributed by atoms with Gasteiger partial charge in [-0.3, -0.25) is 9.69 Å². The third-order valence-corrected chi connectivity index (χ3v) is 5.48. The highest BCUT2D eigenvalue weighted by atomic mass is 32.1. The minimum atomic E-state index is -2.77. The Morgan fingerprint density at radius 1 is 1.03 bits per heavy atom. The topological polar surface area (TPSA) is 45.7 Å². The Morgan fingerprint density at radius 3 is 2.12 bits per heavy atom. The molecule has 2 aromatic carbocycles. The van der Waals surface area contributed by atoms with Crippen LogP contribution >= 0.6 is 11.3 Å². The lowest BCUT2D eigenvalue weighted by Crippen LogP contribution is -2.33. The van der Waals surface area contributed by atoms with E-state index in [-0.39, 0.29) is 5.69 Å². The van der Waals surface area contributed by atoms with Gasteiger partial charge in [0.2, 0.25) is 0 Å². The van der Waals surface area contributed by atoms with Crippen molar-refractivity contribution < 1.29 is 27.1 Å². The Morgan fingerprint density at radius 2 is 1.61 bits per heavy atom. The second-order valence-electron chi connectivity index (χ2n) is 6.83. The van der Waals surface area contributed by atoms with Crippen LogP contribution in [0.4, 0.5) is 34.1 Å². The van der Waals surface area contributed by atoms with E-state index in [9.17, 15) is 22.4 Å². The third kappa shape index (κ3) is 6.10.